The molecule has 0 aliphatic heterocycles. The van der Waals surface area contributed by atoms with Gasteiger partial charge in [0.15, 0.2) is 0 Å². The summed E-state index contributed by atoms with van der Waals surface area (Å²) in [5.41, 5.74) is 0.155. The van der Waals surface area contributed by atoms with E-state index in [1.165, 1.54) is 6.08 Å². The largest absolute Gasteiger partial charge is 0.433 e. The van der Waals surface area contributed by atoms with Gasteiger partial charge in [0.1, 0.15) is 0 Å². The maximum atomic E-state index is 11.0. The van der Waals surface area contributed by atoms with Crippen LogP contribution in [0.4, 0.5) is 0 Å². The van der Waals surface area contributed by atoms with Crippen molar-refractivity contribution in [1.29, 1.82) is 0 Å². The number of hydrogen-bond acceptors (Lipinski definition) is 4. The summed E-state index contributed by atoms with van der Waals surface area (Å²) in [6.07, 6.45) is 0.706. The summed E-state index contributed by atoms with van der Waals surface area (Å²) < 4.78 is 4.53. The van der Waals surface area contributed by atoms with Crippen LogP contribution in [-0.2, 0) is 9.53 Å². The minimum absolute atomic E-state index is 0.155. The molecule has 0 spiro atoms. The van der Waals surface area contributed by atoms with E-state index in [0.717, 1.165) is 0 Å². The molecule has 0 bridgehead atoms. The Morgan fingerprint density at radius 3 is 2.58 bits per heavy atom. The zero-order valence-corrected chi connectivity index (χ0v) is 7.28. The van der Waals surface area contributed by atoms with Crippen LogP contribution < -0.4 is 0 Å². The third kappa shape index (κ3) is 3.50. The van der Waals surface area contributed by atoms with E-state index in [1.54, 1.807) is 13.8 Å². The Labute approximate surface area is 71.5 Å². The smallest absolute Gasteiger partial charge is 0.338 e. The van der Waals surface area contributed by atoms with Gasteiger partial charge in [-0.25, -0.2) is 4.79 Å². The number of aliphatic hydroxyl groups excluding tert-OH is 2. The first kappa shape index (κ1) is 11.1. The Bertz CT molecular complexity index is 174. The number of hydrogen-bond donors (Lipinski definition) is 2. The molecule has 1 atom stereocenters. The Kier molecular flexibility index (Phi) is 5.32. The third-order valence-corrected chi connectivity index (χ3v) is 1.37. The van der Waals surface area contributed by atoms with Crippen LogP contribution in [0.3, 0.4) is 0 Å². The molecule has 0 aromatic carbocycles. The Balaban J connectivity index is 4.03. The van der Waals surface area contributed by atoms with Crippen molar-refractivity contribution in [2.45, 2.75) is 26.6 Å². The van der Waals surface area contributed by atoms with Crippen LogP contribution in [-0.4, -0.2) is 29.1 Å². The second-order valence-electron chi connectivity index (χ2n) is 2.24. The minimum atomic E-state index is -1.08. The number of carbonyl (C=O) groups excluding carboxylic acids is 1. The van der Waals surface area contributed by atoms with E-state index < -0.39 is 12.3 Å². The van der Waals surface area contributed by atoms with Crippen molar-refractivity contribution in [2.24, 2.45) is 0 Å². The lowest BCUT2D eigenvalue weighted by molar-refractivity contribution is -0.163. The molecule has 2 N–H and O–H groups in total. The van der Waals surface area contributed by atoms with E-state index >= 15 is 0 Å². The molecular weight excluding hydrogens is 160 g/mol. The summed E-state index contributed by atoms with van der Waals surface area (Å²) in [6.45, 7) is 2.93. The summed E-state index contributed by atoms with van der Waals surface area (Å²) in [5.74, 6) is -0.672. The van der Waals surface area contributed by atoms with Crippen LogP contribution in [0, 0.1) is 0 Å². The summed E-state index contributed by atoms with van der Waals surface area (Å²) in [4.78, 5) is 11.0. The molecule has 4 heteroatoms. The van der Waals surface area contributed by atoms with Crippen molar-refractivity contribution < 1.29 is 19.7 Å². The van der Waals surface area contributed by atoms with E-state index in [1.807, 2.05) is 0 Å². The molecule has 0 aromatic heterocycles. The lowest BCUT2D eigenvalue weighted by Gasteiger charge is -2.09. The molecule has 12 heavy (non-hydrogen) atoms. The van der Waals surface area contributed by atoms with Gasteiger partial charge < -0.3 is 14.9 Å². The first-order valence-electron chi connectivity index (χ1n) is 3.80. The zero-order valence-electron chi connectivity index (χ0n) is 7.28. The van der Waals surface area contributed by atoms with Crippen LogP contribution >= 0.6 is 0 Å². The van der Waals surface area contributed by atoms with Crippen LogP contribution in [0.1, 0.15) is 20.3 Å². The van der Waals surface area contributed by atoms with Crippen LogP contribution in [0.5, 0.6) is 0 Å². The second-order valence-corrected chi connectivity index (χ2v) is 2.24. The van der Waals surface area contributed by atoms with Gasteiger partial charge in [0, 0.05) is 6.42 Å². The molecule has 0 amide bonds. The molecule has 0 heterocycles. The average molecular weight is 174 g/mol. The normalized spacial score (nSPS) is 14.2. The van der Waals surface area contributed by atoms with Crippen molar-refractivity contribution in [2.75, 3.05) is 6.61 Å². The summed E-state index contributed by atoms with van der Waals surface area (Å²) >= 11 is 0. The standard InChI is InChI=1S/C8H14O4/c1-3-6(5-9)8(11)12-7(10)4-2/h3,7,9-10H,4-5H2,1-2H3. The molecule has 0 fully saturated rings. The first-order chi connectivity index (χ1) is 5.65. The van der Waals surface area contributed by atoms with Gasteiger partial charge in [-0.05, 0) is 6.92 Å². The van der Waals surface area contributed by atoms with Crippen LogP contribution in [0.2, 0.25) is 0 Å². The lowest BCUT2D eigenvalue weighted by atomic mass is 10.3. The predicted molar refractivity (Wildman–Crippen MR) is 43.2 cm³/mol. The van der Waals surface area contributed by atoms with Crippen molar-refractivity contribution in [3.05, 3.63) is 11.6 Å². The van der Waals surface area contributed by atoms with Crippen molar-refractivity contribution in [3.63, 3.8) is 0 Å². The third-order valence-electron chi connectivity index (χ3n) is 1.37. The number of carbonyl (C=O) groups is 1. The number of esters is 1. The Morgan fingerprint density at radius 2 is 2.25 bits per heavy atom. The van der Waals surface area contributed by atoms with E-state index in [0.29, 0.717) is 6.42 Å². The number of rotatable bonds is 4. The highest BCUT2D eigenvalue weighted by atomic mass is 16.6. The lowest BCUT2D eigenvalue weighted by Crippen LogP contribution is -2.19. The van der Waals surface area contributed by atoms with Crippen molar-refractivity contribution in [3.8, 4) is 0 Å². The highest BCUT2D eigenvalue weighted by molar-refractivity contribution is 5.88. The first-order valence-corrected chi connectivity index (χ1v) is 3.80. The molecule has 70 valence electrons. The topological polar surface area (TPSA) is 66.8 Å². The zero-order chi connectivity index (χ0) is 9.56. The van der Waals surface area contributed by atoms with Gasteiger partial charge in [0.25, 0.3) is 0 Å². The molecule has 4 nitrogen and oxygen atoms in total. The fraction of sp³-hybridized carbons (Fsp3) is 0.625. The monoisotopic (exact) mass is 174 g/mol. The molecule has 0 saturated carbocycles. The quantitative estimate of drug-likeness (QED) is 0.363. The molecule has 0 rings (SSSR count). The van der Waals surface area contributed by atoms with Crippen LogP contribution in [0.25, 0.3) is 0 Å². The van der Waals surface area contributed by atoms with Gasteiger partial charge in [-0.1, -0.05) is 13.0 Å². The highest BCUT2D eigenvalue weighted by Gasteiger charge is 2.12. The van der Waals surface area contributed by atoms with Crippen LogP contribution in [0.15, 0.2) is 11.6 Å². The SMILES string of the molecule is CC=C(CO)C(=O)OC(O)CC. The molecule has 0 radical (unpaired) electrons. The molecule has 1 unspecified atom stereocenters. The molecule has 0 aliphatic rings. The van der Waals surface area contributed by atoms with Gasteiger partial charge in [0.2, 0.25) is 6.29 Å². The van der Waals surface area contributed by atoms with E-state index in [2.05, 4.69) is 4.74 Å². The maximum Gasteiger partial charge on any atom is 0.338 e. The van der Waals surface area contributed by atoms with Gasteiger partial charge in [-0.15, -0.1) is 0 Å². The van der Waals surface area contributed by atoms with E-state index in [-0.39, 0.29) is 12.2 Å². The minimum Gasteiger partial charge on any atom is -0.433 e. The Morgan fingerprint density at radius 1 is 1.67 bits per heavy atom. The maximum absolute atomic E-state index is 11.0. The Hall–Kier alpha value is -0.870. The van der Waals surface area contributed by atoms with Crippen molar-refractivity contribution >= 4 is 5.97 Å². The molecule has 0 aromatic rings. The van der Waals surface area contributed by atoms with E-state index in [4.69, 9.17) is 10.2 Å². The average Bonchev–Trinajstić information content (AvgIpc) is 2.06. The van der Waals surface area contributed by atoms with Gasteiger partial charge >= 0.3 is 5.97 Å². The summed E-state index contributed by atoms with van der Waals surface area (Å²) in [6, 6.07) is 0. The fourth-order valence-corrected chi connectivity index (χ4v) is 0.556. The highest BCUT2D eigenvalue weighted by Crippen LogP contribution is 2.01. The summed E-state index contributed by atoms with van der Waals surface area (Å²) in [7, 11) is 0. The number of ether oxygens (including phenoxy) is 1. The van der Waals surface area contributed by atoms with E-state index in [9.17, 15) is 4.79 Å². The molecular formula is C8H14O4. The molecule has 0 aliphatic carbocycles. The van der Waals surface area contributed by atoms with Gasteiger partial charge in [-0.2, -0.15) is 0 Å². The van der Waals surface area contributed by atoms with Gasteiger partial charge in [-0.3, -0.25) is 0 Å². The fourth-order valence-electron chi connectivity index (χ4n) is 0.556. The van der Waals surface area contributed by atoms with Gasteiger partial charge in [0.05, 0.1) is 12.2 Å². The van der Waals surface area contributed by atoms with Crippen molar-refractivity contribution in [1.82, 2.24) is 0 Å². The molecule has 0 saturated heterocycles. The summed E-state index contributed by atoms with van der Waals surface area (Å²) in [5, 5.41) is 17.5. The second kappa shape index (κ2) is 5.74. The number of aliphatic hydroxyl groups is 2. The predicted octanol–water partition coefficient (Wildman–Crippen LogP) is 0.197. The number of allylic oxidation sites excluding steroid dienone is 1.